The van der Waals surface area contributed by atoms with Crippen molar-refractivity contribution in [3.63, 3.8) is 0 Å². The maximum Gasteiger partial charge on any atom is 0.311 e. The highest BCUT2D eigenvalue weighted by atomic mass is 32.2. The number of aromatic hydroxyl groups is 1. The monoisotopic (exact) mass is 396 g/mol. The number of nitro benzene ring substituents is 1. The van der Waals surface area contributed by atoms with Gasteiger partial charge in [0.15, 0.2) is 5.75 Å². The first-order valence-corrected chi connectivity index (χ1v) is 8.94. The summed E-state index contributed by atoms with van der Waals surface area (Å²) >= 11 is 6.28. The summed E-state index contributed by atoms with van der Waals surface area (Å²) in [5, 5.41) is 20.4. The Morgan fingerprint density at radius 1 is 1.50 bits per heavy atom. The molecule has 26 heavy (non-hydrogen) atoms. The molecule has 138 valence electrons. The van der Waals surface area contributed by atoms with Crippen LogP contribution in [0.1, 0.15) is 25.3 Å². The number of ether oxygens (including phenoxy) is 1. The number of thiocarbonyl (C=S) groups is 1. The quantitative estimate of drug-likeness (QED) is 0.246. The van der Waals surface area contributed by atoms with Crippen molar-refractivity contribution in [1.29, 1.82) is 0 Å². The summed E-state index contributed by atoms with van der Waals surface area (Å²) in [6, 6.07) is 3.85. The second-order valence-electron chi connectivity index (χ2n) is 5.25. The Morgan fingerprint density at radius 3 is 2.88 bits per heavy atom. The SMILES string of the molecule is CCOC(=O)CCCN1C(=O)/C(=C/c2ccc(O)c([N+](=O)[O-])c2)SC1=S. The number of benzene rings is 1. The highest BCUT2D eigenvalue weighted by molar-refractivity contribution is 8.26. The van der Waals surface area contributed by atoms with Crippen LogP contribution in [0.2, 0.25) is 0 Å². The van der Waals surface area contributed by atoms with Crippen LogP contribution in [0.3, 0.4) is 0 Å². The first-order chi connectivity index (χ1) is 12.3. The predicted octanol–water partition coefficient (Wildman–Crippen LogP) is 2.84. The molecule has 1 fully saturated rings. The average molecular weight is 396 g/mol. The molecule has 0 radical (unpaired) electrons. The molecule has 2 rings (SSSR count). The zero-order valence-corrected chi connectivity index (χ0v) is 15.5. The van der Waals surface area contributed by atoms with E-state index in [-0.39, 0.29) is 24.8 Å². The Labute approximate surface area is 159 Å². The van der Waals surface area contributed by atoms with Crippen LogP contribution in [0, 0.1) is 10.1 Å². The zero-order chi connectivity index (χ0) is 19.3. The number of thioether (sulfide) groups is 1. The average Bonchev–Trinajstić information content (AvgIpc) is 2.84. The van der Waals surface area contributed by atoms with E-state index in [1.54, 1.807) is 6.92 Å². The minimum absolute atomic E-state index is 0.189. The number of carbonyl (C=O) groups excluding carboxylic acids is 2. The number of phenols is 1. The van der Waals surface area contributed by atoms with Gasteiger partial charge in [0.1, 0.15) is 4.32 Å². The summed E-state index contributed by atoms with van der Waals surface area (Å²) in [6.07, 6.45) is 2.09. The van der Waals surface area contributed by atoms with Crippen molar-refractivity contribution in [2.75, 3.05) is 13.2 Å². The molecule has 1 heterocycles. The molecule has 1 amide bonds. The number of hydrogen-bond acceptors (Lipinski definition) is 8. The molecule has 0 aromatic heterocycles. The standard InChI is InChI=1S/C16H16N2O6S2/c1-2-24-14(20)4-3-7-17-15(21)13(26-16(17)25)9-10-5-6-12(19)11(8-10)18(22)23/h5-6,8-9,19H,2-4,7H2,1H3/b13-9-. The number of carbonyl (C=O) groups is 2. The van der Waals surface area contributed by atoms with Crippen molar-refractivity contribution in [2.45, 2.75) is 19.8 Å². The molecule has 1 aliphatic rings. The number of hydrogen-bond donors (Lipinski definition) is 1. The van der Waals surface area contributed by atoms with E-state index in [1.807, 2.05) is 0 Å². The van der Waals surface area contributed by atoms with Gasteiger partial charge in [-0.05, 0) is 31.1 Å². The van der Waals surface area contributed by atoms with Crippen molar-refractivity contribution in [1.82, 2.24) is 4.90 Å². The van der Waals surface area contributed by atoms with E-state index in [0.717, 1.165) is 11.8 Å². The maximum atomic E-state index is 12.5. The second kappa shape index (κ2) is 8.77. The fourth-order valence-corrected chi connectivity index (χ4v) is 3.54. The molecular weight excluding hydrogens is 380 g/mol. The lowest BCUT2D eigenvalue weighted by Gasteiger charge is -2.13. The van der Waals surface area contributed by atoms with Gasteiger partial charge in [0.25, 0.3) is 5.91 Å². The van der Waals surface area contributed by atoms with Gasteiger partial charge in [-0.2, -0.15) is 0 Å². The van der Waals surface area contributed by atoms with E-state index >= 15 is 0 Å². The van der Waals surface area contributed by atoms with Gasteiger partial charge in [-0.25, -0.2) is 0 Å². The molecule has 0 atom stereocenters. The lowest BCUT2D eigenvalue weighted by molar-refractivity contribution is -0.385. The molecule has 0 saturated carbocycles. The van der Waals surface area contributed by atoms with Crippen molar-refractivity contribution < 1.29 is 24.4 Å². The van der Waals surface area contributed by atoms with Crippen molar-refractivity contribution in [3.05, 3.63) is 38.8 Å². The Morgan fingerprint density at radius 2 is 2.23 bits per heavy atom. The molecule has 8 nitrogen and oxygen atoms in total. The lowest BCUT2D eigenvalue weighted by atomic mass is 10.1. The Balaban J connectivity index is 2.08. The molecule has 0 unspecified atom stereocenters. The van der Waals surface area contributed by atoms with E-state index < -0.39 is 16.4 Å². The molecule has 1 aromatic carbocycles. The molecule has 10 heteroatoms. The van der Waals surface area contributed by atoms with Gasteiger partial charge in [-0.3, -0.25) is 24.6 Å². The van der Waals surface area contributed by atoms with Crippen molar-refractivity contribution in [2.24, 2.45) is 0 Å². The van der Waals surface area contributed by atoms with E-state index in [0.29, 0.717) is 27.8 Å². The molecule has 1 saturated heterocycles. The third kappa shape index (κ3) is 4.79. The summed E-state index contributed by atoms with van der Waals surface area (Å²) < 4.78 is 5.19. The topological polar surface area (TPSA) is 110 Å². The minimum atomic E-state index is -0.701. The first kappa shape index (κ1) is 19.9. The molecule has 1 aliphatic heterocycles. The summed E-state index contributed by atoms with van der Waals surface area (Å²) in [7, 11) is 0. The van der Waals surface area contributed by atoms with E-state index in [1.165, 1.54) is 29.2 Å². The van der Waals surface area contributed by atoms with Gasteiger partial charge in [0.2, 0.25) is 0 Å². The Hall–Kier alpha value is -2.46. The largest absolute Gasteiger partial charge is 0.502 e. The van der Waals surface area contributed by atoms with E-state index in [2.05, 4.69) is 0 Å². The number of nitrogens with zero attached hydrogens (tertiary/aromatic N) is 2. The van der Waals surface area contributed by atoms with Crippen LogP contribution in [0.4, 0.5) is 5.69 Å². The van der Waals surface area contributed by atoms with Crippen LogP contribution in [-0.4, -0.2) is 44.3 Å². The smallest absolute Gasteiger partial charge is 0.311 e. The molecule has 1 aromatic rings. The summed E-state index contributed by atoms with van der Waals surface area (Å²) in [6.45, 7) is 2.32. The highest BCUT2D eigenvalue weighted by Gasteiger charge is 2.31. The number of phenolic OH excluding ortho intramolecular Hbond substituents is 1. The molecule has 0 bridgehead atoms. The van der Waals surface area contributed by atoms with Gasteiger partial charge in [0.05, 0.1) is 16.4 Å². The number of rotatable bonds is 7. The van der Waals surface area contributed by atoms with Gasteiger partial charge >= 0.3 is 11.7 Å². The molecule has 0 spiro atoms. The molecule has 0 aliphatic carbocycles. The van der Waals surface area contributed by atoms with Crippen molar-refractivity contribution in [3.8, 4) is 5.75 Å². The maximum absolute atomic E-state index is 12.5. The van der Waals surface area contributed by atoms with Gasteiger partial charge in [-0.15, -0.1) is 0 Å². The fourth-order valence-electron chi connectivity index (χ4n) is 2.24. The first-order valence-electron chi connectivity index (χ1n) is 7.72. The highest BCUT2D eigenvalue weighted by Crippen LogP contribution is 2.34. The molecular formula is C16H16N2O6S2. The van der Waals surface area contributed by atoms with Crippen LogP contribution in [-0.2, 0) is 14.3 Å². The number of esters is 1. The van der Waals surface area contributed by atoms with Crippen LogP contribution in [0.5, 0.6) is 5.75 Å². The third-order valence-corrected chi connectivity index (χ3v) is 4.81. The van der Waals surface area contributed by atoms with Gasteiger partial charge in [0, 0.05) is 19.0 Å². The second-order valence-corrected chi connectivity index (χ2v) is 6.92. The van der Waals surface area contributed by atoms with E-state index in [9.17, 15) is 24.8 Å². The van der Waals surface area contributed by atoms with Crippen LogP contribution in [0.25, 0.3) is 6.08 Å². The molecule has 1 N–H and O–H groups in total. The fraction of sp³-hybridized carbons (Fsp3) is 0.312. The predicted molar refractivity (Wildman–Crippen MR) is 101 cm³/mol. The van der Waals surface area contributed by atoms with Crippen LogP contribution >= 0.6 is 24.0 Å². The minimum Gasteiger partial charge on any atom is -0.502 e. The Kier molecular flexibility index (Phi) is 6.70. The van der Waals surface area contributed by atoms with Crippen LogP contribution in [0.15, 0.2) is 23.1 Å². The normalized spacial score (nSPS) is 15.6. The summed E-state index contributed by atoms with van der Waals surface area (Å²) in [5.41, 5.74) is -0.0369. The lowest BCUT2D eigenvalue weighted by Crippen LogP contribution is -2.29. The summed E-state index contributed by atoms with van der Waals surface area (Å²) in [5.74, 6) is -1.09. The number of nitro groups is 1. The third-order valence-electron chi connectivity index (χ3n) is 3.44. The van der Waals surface area contributed by atoms with Crippen LogP contribution < -0.4 is 0 Å². The Bertz CT molecular complexity index is 793. The van der Waals surface area contributed by atoms with Gasteiger partial charge < -0.3 is 9.84 Å². The zero-order valence-electron chi connectivity index (χ0n) is 13.8. The van der Waals surface area contributed by atoms with Crippen molar-refractivity contribution >= 4 is 51.9 Å². The number of amides is 1. The summed E-state index contributed by atoms with van der Waals surface area (Å²) in [4.78, 5) is 35.7. The van der Waals surface area contributed by atoms with Gasteiger partial charge in [-0.1, -0.05) is 30.0 Å². The van der Waals surface area contributed by atoms with E-state index in [4.69, 9.17) is 17.0 Å².